The topological polar surface area (TPSA) is 76.1 Å². The van der Waals surface area contributed by atoms with E-state index in [1.165, 1.54) is 7.11 Å². The maximum atomic E-state index is 11.5. The summed E-state index contributed by atoms with van der Waals surface area (Å²) in [4.78, 5) is 11.5. The van der Waals surface area contributed by atoms with Gasteiger partial charge in [0.2, 0.25) is 0 Å². The molecule has 0 spiro atoms. The van der Waals surface area contributed by atoms with Crippen LogP contribution in [0.3, 0.4) is 0 Å². The number of carbonyl (C=O) groups is 1. The van der Waals surface area contributed by atoms with E-state index < -0.39 is 11.5 Å². The highest BCUT2D eigenvalue weighted by molar-refractivity contribution is 5.81. The molecule has 1 rings (SSSR count). The molecule has 18 heavy (non-hydrogen) atoms. The van der Waals surface area contributed by atoms with E-state index in [4.69, 9.17) is 11.0 Å². The van der Waals surface area contributed by atoms with Gasteiger partial charge < -0.3 is 10.5 Å². The average Bonchev–Trinajstić information content (AvgIpc) is 2.37. The van der Waals surface area contributed by atoms with Gasteiger partial charge in [-0.3, -0.25) is 4.79 Å². The van der Waals surface area contributed by atoms with Crippen molar-refractivity contribution in [2.24, 2.45) is 5.73 Å². The third kappa shape index (κ3) is 3.72. The maximum absolute atomic E-state index is 11.5. The molecule has 0 heterocycles. The highest BCUT2D eigenvalue weighted by Gasteiger charge is 2.30. The standard InChI is InChI=1S/C14H16N2O2/c1-14(16,13(17)18-2)9-12(10-15)8-11-6-4-3-5-7-11/h3-8H,9,16H2,1-2H3/b12-8+. The number of hydrogen-bond donors (Lipinski definition) is 1. The second-order valence-corrected chi connectivity index (χ2v) is 4.28. The molecule has 0 bridgehead atoms. The number of hydrogen-bond acceptors (Lipinski definition) is 4. The van der Waals surface area contributed by atoms with Gasteiger partial charge in [-0.2, -0.15) is 5.26 Å². The first kappa shape index (κ1) is 13.9. The normalized spacial score (nSPS) is 14.4. The monoisotopic (exact) mass is 244 g/mol. The number of methoxy groups -OCH3 is 1. The molecule has 0 radical (unpaired) electrons. The SMILES string of the molecule is COC(=O)C(C)(N)C/C(C#N)=C\c1ccccc1. The van der Waals surface area contributed by atoms with Crippen molar-refractivity contribution in [3.63, 3.8) is 0 Å². The fourth-order valence-electron chi connectivity index (χ4n) is 1.57. The van der Waals surface area contributed by atoms with Crippen LogP contribution in [-0.4, -0.2) is 18.6 Å². The minimum Gasteiger partial charge on any atom is -0.468 e. The van der Waals surface area contributed by atoms with Crippen LogP contribution in [-0.2, 0) is 9.53 Å². The van der Waals surface area contributed by atoms with E-state index in [-0.39, 0.29) is 6.42 Å². The number of nitrogens with two attached hydrogens (primary N) is 1. The lowest BCUT2D eigenvalue weighted by Gasteiger charge is -2.20. The Kier molecular flexibility index (Phi) is 4.64. The summed E-state index contributed by atoms with van der Waals surface area (Å²) in [5, 5.41) is 9.08. The van der Waals surface area contributed by atoms with Gasteiger partial charge in [-0.1, -0.05) is 30.3 Å². The molecule has 0 aromatic heterocycles. The lowest BCUT2D eigenvalue weighted by atomic mass is 9.93. The molecule has 0 aliphatic heterocycles. The van der Waals surface area contributed by atoms with E-state index in [0.29, 0.717) is 5.57 Å². The predicted octanol–water partition coefficient (Wildman–Crippen LogP) is 1.87. The zero-order chi connectivity index (χ0) is 13.6. The van der Waals surface area contributed by atoms with Crippen LogP contribution in [0.2, 0.25) is 0 Å². The Labute approximate surface area is 107 Å². The zero-order valence-corrected chi connectivity index (χ0v) is 10.5. The van der Waals surface area contributed by atoms with Gasteiger partial charge in [-0.05, 0) is 18.6 Å². The van der Waals surface area contributed by atoms with Gasteiger partial charge >= 0.3 is 5.97 Å². The molecule has 0 saturated heterocycles. The largest absolute Gasteiger partial charge is 0.468 e. The molecule has 0 amide bonds. The third-order valence-corrected chi connectivity index (χ3v) is 2.49. The van der Waals surface area contributed by atoms with E-state index in [9.17, 15) is 4.79 Å². The van der Waals surface area contributed by atoms with Gasteiger partial charge in [0.25, 0.3) is 0 Å². The lowest BCUT2D eigenvalue weighted by molar-refractivity contribution is -0.146. The Morgan fingerprint density at radius 1 is 1.50 bits per heavy atom. The van der Waals surface area contributed by atoms with Crippen molar-refractivity contribution in [1.29, 1.82) is 5.26 Å². The zero-order valence-electron chi connectivity index (χ0n) is 10.5. The number of ether oxygens (including phenoxy) is 1. The molecule has 1 aromatic rings. The Morgan fingerprint density at radius 3 is 2.61 bits per heavy atom. The van der Waals surface area contributed by atoms with E-state index in [0.717, 1.165) is 5.56 Å². The van der Waals surface area contributed by atoms with Crippen LogP contribution in [0.4, 0.5) is 0 Å². The number of rotatable bonds is 4. The molecule has 4 nitrogen and oxygen atoms in total. The van der Waals surface area contributed by atoms with E-state index in [1.54, 1.807) is 13.0 Å². The van der Waals surface area contributed by atoms with Crippen molar-refractivity contribution in [3.05, 3.63) is 41.5 Å². The maximum Gasteiger partial charge on any atom is 0.325 e. The van der Waals surface area contributed by atoms with Crippen molar-refractivity contribution >= 4 is 12.0 Å². The summed E-state index contributed by atoms with van der Waals surface area (Å²) in [7, 11) is 1.28. The summed E-state index contributed by atoms with van der Waals surface area (Å²) in [5.74, 6) is -0.531. The van der Waals surface area contributed by atoms with Gasteiger partial charge in [-0.25, -0.2) is 0 Å². The molecule has 1 unspecified atom stereocenters. The minimum atomic E-state index is -1.19. The number of benzene rings is 1. The predicted molar refractivity (Wildman–Crippen MR) is 69.3 cm³/mol. The van der Waals surface area contributed by atoms with Gasteiger partial charge in [0.05, 0.1) is 13.2 Å². The summed E-state index contributed by atoms with van der Waals surface area (Å²) in [6, 6.07) is 11.5. The van der Waals surface area contributed by atoms with Crippen LogP contribution < -0.4 is 5.73 Å². The first-order valence-corrected chi connectivity index (χ1v) is 5.52. The van der Waals surface area contributed by atoms with Crippen molar-refractivity contribution in [2.75, 3.05) is 7.11 Å². The van der Waals surface area contributed by atoms with Crippen molar-refractivity contribution in [3.8, 4) is 6.07 Å². The summed E-state index contributed by atoms with van der Waals surface area (Å²) in [5.41, 5.74) is 5.98. The van der Waals surface area contributed by atoms with Gasteiger partial charge in [0.1, 0.15) is 5.54 Å². The molecule has 2 N–H and O–H groups in total. The second-order valence-electron chi connectivity index (χ2n) is 4.28. The summed E-state index contributed by atoms with van der Waals surface area (Å²) in [6.45, 7) is 1.55. The molecule has 94 valence electrons. The summed E-state index contributed by atoms with van der Waals surface area (Å²) < 4.78 is 4.61. The Balaban J connectivity index is 2.90. The number of nitriles is 1. The third-order valence-electron chi connectivity index (χ3n) is 2.49. The van der Waals surface area contributed by atoms with Crippen LogP contribution in [0.15, 0.2) is 35.9 Å². The van der Waals surface area contributed by atoms with Crippen LogP contribution in [0.25, 0.3) is 6.08 Å². The molecular weight excluding hydrogens is 228 g/mol. The van der Waals surface area contributed by atoms with E-state index in [2.05, 4.69) is 10.8 Å². The van der Waals surface area contributed by atoms with Crippen LogP contribution in [0, 0.1) is 11.3 Å². The highest BCUT2D eigenvalue weighted by Crippen LogP contribution is 2.17. The average molecular weight is 244 g/mol. The highest BCUT2D eigenvalue weighted by atomic mass is 16.5. The van der Waals surface area contributed by atoms with Gasteiger partial charge in [0.15, 0.2) is 0 Å². The number of esters is 1. The Morgan fingerprint density at radius 2 is 2.11 bits per heavy atom. The molecule has 0 saturated carbocycles. The second kappa shape index (κ2) is 5.99. The Hall–Kier alpha value is -2.12. The smallest absolute Gasteiger partial charge is 0.325 e. The molecule has 0 aliphatic carbocycles. The fourth-order valence-corrected chi connectivity index (χ4v) is 1.57. The van der Waals surface area contributed by atoms with Crippen LogP contribution in [0.1, 0.15) is 18.9 Å². The van der Waals surface area contributed by atoms with Crippen molar-refractivity contribution < 1.29 is 9.53 Å². The van der Waals surface area contributed by atoms with E-state index >= 15 is 0 Å². The summed E-state index contributed by atoms with van der Waals surface area (Å²) >= 11 is 0. The van der Waals surface area contributed by atoms with Crippen LogP contribution in [0.5, 0.6) is 0 Å². The van der Waals surface area contributed by atoms with Crippen molar-refractivity contribution in [2.45, 2.75) is 18.9 Å². The summed E-state index contributed by atoms with van der Waals surface area (Å²) in [6.07, 6.45) is 1.86. The van der Waals surface area contributed by atoms with Gasteiger partial charge in [0, 0.05) is 12.0 Å². The number of nitrogens with zero attached hydrogens (tertiary/aromatic N) is 1. The molecule has 1 atom stereocenters. The lowest BCUT2D eigenvalue weighted by Crippen LogP contribution is -2.45. The molecule has 0 fully saturated rings. The first-order chi connectivity index (χ1) is 8.49. The molecular formula is C14H16N2O2. The van der Waals surface area contributed by atoms with E-state index in [1.807, 2.05) is 30.3 Å². The quantitative estimate of drug-likeness (QED) is 0.648. The molecule has 4 heteroatoms. The van der Waals surface area contributed by atoms with Gasteiger partial charge in [-0.15, -0.1) is 0 Å². The fraction of sp³-hybridized carbons (Fsp3) is 0.286. The Bertz CT molecular complexity index is 484. The van der Waals surface area contributed by atoms with Crippen LogP contribution >= 0.6 is 0 Å². The molecule has 1 aromatic carbocycles. The first-order valence-electron chi connectivity index (χ1n) is 5.52. The minimum absolute atomic E-state index is 0.144. The molecule has 0 aliphatic rings. The number of carbonyl (C=O) groups excluding carboxylic acids is 1. The van der Waals surface area contributed by atoms with Crippen molar-refractivity contribution in [1.82, 2.24) is 0 Å².